The van der Waals surface area contributed by atoms with Crippen molar-refractivity contribution >= 4 is 34.6 Å². The molecule has 2 amide bonds. The second-order valence-electron chi connectivity index (χ2n) is 5.57. The lowest BCUT2D eigenvalue weighted by atomic mass is 10.1. The molecule has 2 aromatic rings. The summed E-state index contributed by atoms with van der Waals surface area (Å²) in [6, 6.07) is 10.7. The number of carbonyl (C=O) groups is 2. The first-order valence-corrected chi connectivity index (χ1v) is 7.53. The van der Waals surface area contributed by atoms with Crippen molar-refractivity contribution in [2.75, 3.05) is 10.2 Å². The quantitative estimate of drug-likeness (QED) is 0.683. The molecule has 8 nitrogen and oxygen atoms in total. The average Bonchev–Trinajstić information content (AvgIpc) is 2.56. The number of hydrogen-bond donors (Lipinski definition) is 1. The molecule has 8 heteroatoms. The third kappa shape index (κ3) is 3.14. The molecule has 128 valence electrons. The number of fused-ring (bicyclic) bond motifs is 1. The number of nitrogens with one attached hydrogen (secondary N) is 1. The molecule has 0 radical (unpaired) electrons. The Balaban J connectivity index is 2.05. The summed E-state index contributed by atoms with van der Waals surface area (Å²) < 4.78 is 5.54. The van der Waals surface area contributed by atoms with Gasteiger partial charge in [0.25, 0.3) is 11.6 Å². The van der Waals surface area contributed by atoms with E-state index in [0.29, 0.717) is 22.8 Å². The number of nitrogens with zero attached hydrogens (tertiary/aromatic N) is 2. The zero-order valence-electron chi connectivity index (χ0n) is 13.6. The Bertz CT molecular complexity index is 863. The van der Waals surface area contributed by atoms with Crippen LogP contribution < -0.4 is 15.0 Å². The minimum Gasteiger partial charge on any atom is -0.479 e. The first kappa shape index (κ1) is 16.4. The summed E-state index contributed by atoms with van der Waals surface area (Å²) in [6.45, 7) is 3.02. The van der Waals surface area contributed by atoms with Crippen LogP contribution in [0.25, 0.3) is 0 Å². The molecule has 0 aromatic heterocycles. The lowest BCUT2D eigenvalue weighted by molar-refractivity contribution is -0.384. The van der Waals surface area contributed by atoms with Gasteiger partial charge in [0.15, 0.2) is 6.10 Å². The molecular weight excluding hydrogens is 326 g/mol. The van der Waals surface area contributed by atoms with Gasteiger partial charge in [0.1, 0.15) is 5.75 Å². The fraction of sp³-hybridized carbons (Fsp3) is 0.176. The molecule has 1 aliphatic rings. The summed E-state index contributed by atoms with van der Waals surface area (Å²) in [4.78, 5) is 35.6. The van der Waals surface area contributed by atoms with Crippen LogP contribution in [0.1, 0.15) is 13.8 Å². The number of rotatable bonds is 3. The van der Waals surface area contributed by atoms with Crippen LogP contribution in [0.4, 0.5) is 22.7 Å². The normalized spacial score (nSPS) is 16.0. The number of benzene rings is 2. The second kappa shape index (κ2) is 6.23. The van der Waals surface area contributed by atoms with E-state index in [0.717, 1.165) is 0 Å². The summed E-state index contributed by atoms with van der Waals surface area (Å²) in [5, 5.41) is 13.7. The van der Waals surface area contributed by atoms with E-state index in [1.165, 1.54) is 30.0 Å². The Morgan fingerprint density at radius 3 is 2.52 bits per heavy atom. The maximum absolute atomic E-state index is 12.6. The Labute approximate surface area is 143 Å². The first-order valence-electron chi connectivity index (χ1n) is 7.53. The van der Waals surface area contributed by atoms with E-state index < -0.39 is 11.0 Å². The topological polar surface area (TPSA) is 102 Å². The van der Waals surface area contributed by atoms with Gasteiger partial charge >= 0.3 is 0 Å². The Morgan fingerprint density at radius 1 is 1.24 bits per heavy atom. The van der Waals surface area contributed by atoms with E-state index in [2.05, 4.69) is 5.32 Å². The molecule has 25 heavy (non-hydrogen) atoms. The van der Waals surface area contributed by atoms with E-state index in [4.69, 9.17) is 4.74 Å². The smallest absolute Gasteiger partial charge is 0.272 e. The highest BCUT2D eigenvalue weighted by Crippen LogP contribution is 2.41. The van der Waals surface area contributed by atoms with Gasteiger partial charge in [0.05, 0.1) is 10.6 Å². The van der Waals surface area contributed by atoms with Gasteiger partial charge in [-0.1, -0.05) is 0 Å². The Kier molecular flexibility index (Phi) is 4.10. The maximum Gasteiger partial charge on any atom is 0.272 e. The number of amides is 2. The molecule has 2 aromatic carbocycles. The number of nitro benzene ring substituents is 1. The van der Waals surface area contributed by atoms with Gasteiger partial charge in [-0.3, -0.25) is 24.6 Å². The van der Waals surface area contributed by atoms with E-state index in [1.807, 2.05) is 0 Å². The third-order valence-corrected chi connectivity index (χ3v) is 3.71. The highest BCUT2D eigenvalue weighted by molar-refractivity contribution is 6.06. The maximum atomic E-state index is 12.6. The summed E-state index contributed by atoms with van der Waals surface area (Å²) >= 11 is 0. The summed E-state index contributed by atoms with van der Waals surface area (Å²) in [7, 11) is 0. The molecule has 1 atom stereocenters. The van der Waals surface area contributed by atoms with E-state index in [9.17, 15) is 19.7 Å². The third-order valence-electron chi connectivity index (χ3n) is 3.71. The van der Waals surface area contributed by atoms with Crippen LogP contribution in [0.3, 0.4) is 0 Å². The van der Waals surface area contributed by atoms with Gasteiger partial charge < -0.3 is 10.1 Å². The number of nitro groups is 1. The molecule has 1 N–H and O–H groups in total. The highest BCUT2D eigenvalue weighted by Gasteiger charge is 2.33. The van der Waals surface area contributed by atoms with Crippen molar-refractivity contribution < 1.29 is 19.2 Å². The van der Waals surface area contributed by atoms with Gasteiger partial charge in [-0.2, -0.15) is 0 Å². The van der Waals surface area contributed by atoms with Gasteiger partial charge in [-0.05, 0) is 37.3 Å². The van der Waals surface area contributed by atoms with Crippen molar-refractivity contribution in [2.24, 2.45) is 0 Å². The Hall–Kier alpha value is -3.42. The fourth-order valence-corrected chi connectivity index (χ4v) is 2.60. The fourth-order valence-electron chi connectivity index (χ4n) is 2.60. The van der Waals surface area contributed by atoms with Crippen LogP contribution >= 0.6 is 0 Å². The van der Waals surface area contributed by atoms with Crippen molar-refractivity contribution in [3.63, 3.8) is 0 Å². The van der Waals surface area contributed by atoms with Crippen LogP contribution in [-0.4, -0.2) is 22.8 Å². The lowest BCUT2D eigenvalue weighted by Crippen LogP contribution is -2.41. The van der Waals surface area contributed by atoms with Gasteiger partial charge in [0, 0.05) is 30.4 Å². The molecule has 0 spiro atoms. The number of anilines is 3. The molecular formula is C17H15N3O5. The predicted octanol–water partition coefficient (Wildman–Crippen LogP) is 3.00. The van der Waals surface area contributed by atoms with Crippen molar-refractivity contribution in [1.29, 1.82) is 0 Å². The van der Waals surface area contributed by atoms with Crippen molar-refractivity contribution in [2.45, 2.75) is 20.0 Å². The SMILES string of the molecule is CC(=O)Nc1ccc(N2C(=O)C(C)Oc3ccc([N+](=O)[O-])cc32)cc1. The minimum atomic E-state index is -0.719. The van der Waals surface area contributed by atoms with Crippen molar-refractivity contribution in [3.05, 3.63) is 52.6 Å². The average molecular weight is 341 g/mol. The molecule has 0 fully saturated rings. The molecule has 3 rings (SSSR count). The second-order valence-corrected chi connectivity index (χ2v) is 5.57. The molecule has 0 aliphatic carbocycles. The highest BCUT2D eigenvalue weighted by atomic mass is 16.6. The summed E-state index contributed by atoms with van der Waals surface area (Å²) in [6.07, 6.45) is -0.719. The standard InChI is InChI=1S/C17H15N3O5/c1-10-17(22)19(13-5-3-12(4-6-13)18-11(2)21)15-9-14(20(23)24)7-8-16(15)25-10/h3-10H,1-2H3,(H,18,21). The van der Waals surface area contributed by atoms with Crippen LogP contribution in [0.15, 0.2) is 42.5 Å². The van der Waals surface area contributed by atoms with Gasteiger partial charge in [-0.25, -0.2) is 0 Å². The van der Waals surface area contributed by atoms with E-state index in [-0.39, 0.29) is 17.5 Å². The molecule has 1 unspecified atom stereocenters. The predicted molar refractivity (Wildman–Crippen MR) is 91.1 cm³/mol. The van der Waals surface area contributed by atoms with E-state index >= 15 is 0 Å². The lowest BCUT2D eigenvalue weighted by Gasteiger charge is -2.32. The van der Waals surface area contributed by atoms with E-state index in [1.54, 1.807) is 31.2 Å². The molecule has 1 heterocycles. The van der Waals surface area contributed by atoms with Crippen molar-refractivity contribution in [3.8, 4) is 5.75 Å². The summed E-state index contributed by atoms with van der Waals surface area (Å²) in [5.74, 6) is -0.145. The van der Waals surface area contributed by atoms with Crippen molar-refractivity contribution in [1.82, 2.24) is 0 Å². The van der Waals surface area contributed by atoms with Crippen LogP contribution in [0, 0.1) is 10.1 Å². The number of non-ortho nitro benzene ring substituents is 1. The van der Waals surface area contributed by atoms with Crippen LogP contribution in [0.2, 0.25) is 0 Å². The van der Waals surface area contributed by atoms with Crippen LogP contribution in [0.5, 0.6) is 5.75 Å². The van der Waals surface area contributed by atoms with Gasteiger partial charge in [-0.15, -0.1) is 0 Å². The van der Waals surface area contributed by atoms with Gasteiger partial charge in [0.2, 0.25) is 5.91 Å². The molecule has 1 aliphatic heterocycles. The zero-order valence-corrected chi connectivity index (χ0v) is 13.6. The number of ether oxygens (including phenoxy) is 1. The number of carbonyl (C=O) groups excluding carboxylic acids is 2. The largest absolute Gasteiger partial charge is 0.479 e. The molecule has 0 bridgehead atoms. The molecule has 0 saturated carbocycles. The monoisotopic (exact) mass is 341 g/mol. The molecule has 0 saturated heterocycles. The summed E-state index contributed by atoms with van der Waals surface area (Å²) in [5.41, 5.74) is 1.29. The Morgan fingerprint density at radius 2 is 1.92 bits per heavy atom. The minimum absolute atomic E-state index is 0.135. The van der Waals surface area contributed by atoms with Crippen LogP contribution in [-0.2, 0) is 9.59 Å². The zero-order chi connectivity index (χ0) is 18.1. The number of hydrogen-bond acceptors (Lipinski definition) is 5. The first-order chi connectivity index (χ1) is 11.9.